The normalized spacial score (nSPS) is 17.9. The summed E-state index contributed by atoms with van der Waals surface area (Å²) in [5, 5.41) is 23.9. The Labute approximate surface area is 196 Å². The Bertz CT molecular complexity index is 921. The monoisotopic (exact) mass is 477 g/mol. The summed E-state index contributed by atoms with van der Waals surface area (Å²) in [4.78, 5) is 61.8. The number of carbonyl (C=O) groups excluding carboxylic acids is 4. The van der Waals surface area contributed by atoms with E-state index in [1.165, 1.54) is 24.0 Å². The molecule has 12 heteroatoms. The average molecular weight is 478 g/mol. The number of aliphatic carboxylic acids is 1. The molecular weight excluding hydrogens is 446 g/mol. The highest BCUT2D eigenvalue weighted by Crippen LogP contribution is 2.19. The molecule has 2 rings (SSSR count). The van der Waals surface area contributed by atoms with Gasteiger partial charge in [0.05, 0.1) is 6.04 Å². The van der Waals surface area contributed by atoms with Crippen molar-refractivity contribution in [2.75, 3.05) is 6.54 Å². The fourth-order valence-corrected chi connectivity index (χ4v) is 3.70. The number of aromatic hydroxyl groups is 1. The molecular formula is C22H31N5O7. The van der Waals surface area contributed by atoms with Gasteiger partial charge in [0.25, 0.3) is 0 Å². The van der Waals surface area contributed by atoms with Gasteiger partial charge in [-0.1, -0.05) is 12.1 Å². The second-order valence-corrected chi connectivity index (χ2v) is 8.30. The number of phenols is 1. The van der Waals surface area contributed by atoms with Crippen LogP contribution in [0.2, 0.25) is 0 Å². The van der Waals surface area contributed by atoms with Crippen LogP contribution < -0.4 is 22.1 Å². The lowest BCUT2D eigenvalue weighted by molar-refractivity contribution is -0.144. The van der Waals surface area contributed by atoms with Gasteiger partial charge in [0.2, 0.25) is 23.6 Å². The number of hydrogen-bond donors (Lipinski definition) is 6. The van der Waals surface area contributed by atoms with Crippen LogP contribution in [0.5, 0.6) is 5.75 Å². The number of carboxylic acids is 1. The van der Waals surface area contributed by atoms with Crippen LogP contribution in [0.1, 0.15) is 38.2 Å². The van der Waals surface area contributed by atoms with Crippen molar-refractivity contribution < 1.29 is 34.2 Å². The molecule has 8 N–H and O–H groups in total. The van der Waals surface area contributed by atoms with Gasteiger partial charge in [0, 0.05) is 19.4 Å². The van der Waals surface area contributed by atoms with E-state index < -0.39 is 53.8 Å². The van der Waals surface area contributed by atoms with E-state index in [1.807, 2.05) is 0 Å². The van der Waals surface area contributed by atoms with Gasteiger partial charge in [-0.3, -0.25) is 19.2 Å². The van der Waals surface area contributed by atoms with Crippen molar-refractivity contribution in [3.63, 3.8) is 0 Å². The quantitative estimate of drug-likeness (QED) is 0.223. The van der Waals surface area contributed by atoms with Crippen LogP contribution in [0.25, 0.3) is 0 Å². The Morgan fingerprint density at radius 1 is 1.15 bits per heavy atom. The van der Waals surface area contributed by atoms with E-state index in [0.29, 0.717) is 18.4 Å². The lowest BCUT2D eigenvalue weighted by Crippen LogP contribution is -2.56. The average Bonchev–Trinajstić information content (AvgIpc) is 3.27. The van der Waals surface area contributed by atoms with Crippen molar-refractivity contribution in [2.45, 2.75) is 63.2 Å². The molecule has 1 saturated heterocycles. The first kappa shape index (κ1) is 26.6. The van der Waals surface area contributed by atoms with Crippen molar-refractivity contribution in [2.24, 2.45) is 11.5 Å². The zero-order valence-electron chi connectivity index (χ0n) is 18.9. The third-order valence-electron chi connectivity index (χ3n) is 5.60. The molecule has 186 valence electrons. The molecule has 1 fully saturated rings. The molecule has 34 heavy (non-hydrogen) atoms. The van der Waals surface area contributed by atoms with E-state index in [0.717, 1.165) is 0 Å². The van der Waals surface area contributed by atoms with E-state index in [-0.39, 0.29) is 31.6 Å². The van der Waals surface area contributed by atoms with Crippen molar-refractivity contribution in [1.29, 1.82) is 0 Å². The zero-order valence-corrected chi connectivity index (χ0v) is 18.9. The number of nitrogens with one attached hydrogen (secondary N) is 2. The van der Waals surface area contributed by atoms with Gasteiger partial charge in [0.15, 0.2) is 0 Å². The molecule has 0 bridgehead atoms. The summed E-state index contributed by atoms with van der Waals surface area (Å²) in [6.45, 7) is 1.74. The SMILES string of the molecule is CC(NC(=O)C(N)CCC(N)=O)C(=O)N1CCCC1C(=O)NC(Cc1ccc(O)cc1)C(=O)O. The number of carboxylic acid groups (broad SMARTS) is 1. The molecule has 0 aromatic heterocycles. The van der Waals surface area contributed by atoms with Gasteiger partial charge in [-0.15, -0.1) is 0 Å². The van der Waals surface area contributed by atoms with E-state index >= 15 is 0 Å². The van der Waals surface area contributed by atoms with Gasteiger partial charge in [-0.05, 0) is 43.9 Å². The van der Waals surface area contributed by atoms with Crippen LogP contribution in [0.3, 0.4) is 0 Å². The largest absolute Gasteiger partial charge is 0.508 e. The summed E-state index contributed by atoms with van der Waals surface area (Å²) >= 11 is 0. The number of hydrogen-bond acceptors (Lipinski definition) is 7. The maximum atomic E-state index is 12.9. The number of amides is 4. The number of nitrogens with two attached hydrogens (primary N) is 2. The summed E-state index contributed by atoms with van der Waals surface area (Å²) in [6, 6.07) is 1.85. The molecule has 12 nitrogen and oxygen atoms in total. The molecule has 4 atom stereocenters. The van der Waals surface area contributed by atoms with Crippen LogP contribution in [0.15, 0.2) is 24.3 Å². The highest BCUT2D eigenvalue weighted by Gasteiger charge is 2.38. The van der Waals surface area contributed by atoms with Gasteiger partial charge < -0.3 is 37.2 Å². The van der Waals surface area contributed by atoms with Crippen molar-refractivity contribution in [3.05, 3.63) is 29.8 Å². The number of phenolic OH excluding ortho intramolecular Hbond substituents is 1. The van der Waals surface area contributed by atoms with Crippen LogP contribution in [-0.4, -0.2) is 75.4 Å². The summed E-state index contributed by atoms with van der Waals surface area (Å²) in [6.07, 6.45) is 0.854. The topological polar surface area (TPSA) is 205 Å². The minimum Gasteiger partial charge on any atom is -0.508 e. The number of nitrogens with zero attached hydrogens (tertiary/aromatic N) is 1. The Hall–Kier alpha value is -3.67. The van der Waals surface area contributed by atoms with Crippen molar-refractivity contribution in [3.8, 4) is 5.75 Å². The molecule has 0 radical (unpaired) electrons. The number of rotatable bonds is 11. The predicted molar refractivity (Wildman–Crippen MR) is 120 cm³/mol. The van der Waals surface area contributed by atoms with E-state index in [1.54, 1.807) is 12.1 Å². The summed E-state index contributed by atoms with van der Waals surface area (Å²) in [7, 11) is 0. The highest BCUT2D eigenvalue weighted by molar-refractivity contribution is 5.94. The zero-order chi connectivity index (χ0) is 25.4. The fourth-order valence-electron chi connectivity index (χ4n) is 3.70. The van der Waals surface area contributed by atoms with Gasteiger partial charge >= 0.3 is 5.97 Å². The Morgan fingerprint density at radius 2 is 1.79 bits per heavy atom. The Balaban J connectivity index is 1.98. The Morgan fingerprint density at radius 3 is 2.38 bits per heavy atom. The summed E-state index contributed by atoms with van der Waals surface area (Å²) < 4.78 is 0. The van der Waals surface area contributed by atoms with E-state index in [2.05, 4.69) is 10.6 Å². The lowest BCUT2D eigenvalue weighted by Gasteiger charge is -2.28. The molecule has 4 amide bonds. The number of likely N-dealkylation sites (tertiary alicyclic amines) is 1. The van der Waals surface area contributed by atoms with Crippen LogP contribution in [0, 0.1) is 0 Å². The molecule has 1 aliphatic rings. The number of benzene rings is 1. The third kappa shape index (κ3) is 7.44. The smallest absolute Gasteiger partial charge is 0.326 e. The van der Waals surface area contributed by atoms with Crippen molar-refractivity contribution >= 4 is 29.6 Å². The first-order valence-electron chi connectivity index (χ1n) is 11.0. The van der Waals surface area contributed by atoms with E-state index in [4.69, 9.17) is 11.5 Å². The highest BCUT2D eigenvalue weighted by atomic mass is 16.4. The maximum Gasteiger partial charge on any atom is 0.326 e. The molecule has 1 aromatic carbocycles. The maximum absolute atomic E-state index is 12.9. The molecule has 1 aliphatic heterocycles. The van der Waals surface area contributed by atoms with Crippen molar-refractivity contribution in [1.82, 2.24) is 15.5 Å². The molecule has 0 aliphatic carbocycles. The lowest BCUT2D eigenvalue weighted by atomic mass is 10.0. The minimum atomic E-state index is -1.23. The number of primary amides is 1. The number of carbonyl (C=O) groups is 5. The summed E-state index contributed by atoms with van der Waals surface area (Å²) in [5.74, 6) is -3.52. The van der Waals surface area contributed by atoms with Crippen LogP contribution in [0.4, 0.5) is 0 Å². The third-order valence-corrected chi connectivity index (χ3v) is 5.60. The second kappa shape index (κ2) is 12.0. The standard InChI is InChI=1S/C22H31N5O7/c1-12(25-19(30)15(23)8-9-18(24)29)21(32)27-10-2-3-17(27)20(31)26-16(22(33)34)11-13-4-6-14(28)7-5-13/h4-7,12,15-17,28H,2-3,8-11,23H2,1H3,(H2,24,29)(H,25,30)(H,26,31)(H,33,34). The van der Waals surface area contributed by atoms with Gasteiger partial charge in [-0.25, -0.2) is 4.79 Å². The van der Waals surface area contributed by atoms with E-state index in [9.17, 15) is 34.2 Å². The first-order valence-corrected chi connectivity index (χ1v) is 11.0. The second-order valence-electron chi connectivity index (χ2n) is 8.30. The van der Waals surface area contributed by atoms with Crippen LogP contribution in [-0.2, 0) is 30.4 Å². The van der Waals surface area contributed by atoms with Gasteiger partial charge in [0.1, 0.15) is 23.9 Å². The summed E-state index contributed by atoms with van der Waals surface area (Å²) in [5.41, 5.74) is 11.4. The Kier molecular flexibility index (Phi) is 9.36. The molecule has 4 unspecified atom stereocenters. The van der Waals surface area contributed by atoms with Crippen LogP contribution >= 0.6 is 0 Å². The molecule has 1 aromatic rings. The molecule has 0 spiro atoms. The first-order chi connectivity index (χ1) is 16.0. The molecule has 1 heterocycles. The van der Waals surface area contributed by atoms with Gasteiger partial charge in [-0.2, -0.15) is 0 Å². The minimum absolute atomic E-state index is 0.00231. The molecule has 0 saturated carbocycles. The predicted octanol–water partition coefficient (Wildman–Crippen LogP) is -1.41. The fraction of sp³-hybridized carbons (Fsp3) is 0.500.